The third kappa shape index (κ3) is 5.09. The number of rotatable bonds is 2. The van der Waals surface area contributed by atoms with Gasteiger partial charge < -0.3 is 0 Å². The van der Waals surface area contributed by atoms with E-state index >= 15 is 0 Å². The highest BCUT2D eigenvalue weighted by atomic mass is 32.2. The normalized spacial score (nSPS) is 14.5. The molecule has 2 aromatic rings. The van der Waals surface area contributed by atoms with Crippen LogP contribution in [0.2, 0.25) is 0 Å². The molecule has 0 saturated heterocycles. The van der Waals surface area contributed by atoms with E-state index in [1.165, 1.54) is 12.1 Å². The number of amides is 1. The van der Waals surface area contributed by atoms with E-state index in [1.54, 1.807) is 19.1 Å². The molecule has 0 heterocycles. The molecule has 0 aliphatic carbocycles. The number of alkyl halides is 6. The second kappa shape index (κ2) is 6.99. The standard InChI is InChI=1S/C17H13F6NO2S/c1-10-3-5-14(6-4-10)27(2,26)24-15(25)11-7-12(16(18,19)20)9-13(8-11)17(21,22)23/h3-9H,1-2H3/t27-/m0/s1. The topological polar surface area (TPSA) is 46.5 Å². The molecule has 27 heavy (non-hydrogen) atoms. The molecule has 146 valence electrons. The van der Waals surface area contributed by atoms with Gasteiger partial charge in [-0.05, 0) is 37.3 Å². The Morgan fingerprint density at radius 1 is 0.889 bits per heavy atom. The van der Waals surface area contributed by atoms with Crippen LogP contribution in [-0.4, -0.2) is 16.4 Å². The first-order chi connectivity index (χ1) is 12.2. The highest BCUT2D eigenvalue weighted by molar-refractivity contribution is 7.93. The second-order valence-electron chi connectivity index (χ2n) is 5.81. The van der Waals surface area contributed by atoms with Crippen LogP contribution in [0.4, 0.5) is 26.3 Å². The average molecular weight is 409 g/mol. The van der Waals surface area contributed by atoms with E-state index in [4.69, 9.17) is 0 Å². The van der Waals surface area contributed by atoms with Crippen LogP contribution in [-0.2, 0) is 22.1 Å². The fourth-order valence-corrected chi connectivity index (χ4v) is 3.30. The maximum atomic E-state index is 12.9. The molecule has 2 rings (SSSR count). The van der Waals surface area contributed by atoms with Crippen molar-refractivity contribution in [3.63, 3.8) is 0 Å². The van der Waals surface area contributed by atoms with E-state index in [0.29, 0.717) is 0 Å². The van der Waals surface area contributed by atoms with Crippen LogP contribution in [0.1, 0.15) is 27.0 Å². The lowest BCUT2D eigenvalue weighted by atomic mass is 10.0. The minimum absolute atomic E-state index is 0.0972. The molecule has 1 atom stereocenters. The van der Waals surface area contributed by atoms with Crippen molar-refractivity contribution in [3.8, 4) is 0 Å². The van der Waals surface area contributed by atoms with Gasteiger partial charge in [0.2, 0.25) is 0 Å². The van der Waals surface area contributed by atoms with Crippen molar-refractivity contribution in [1.82, 2.24) is 0 Å². The Balaban J connectivity index is 2.58. The SMILES string of the molecule is Cc1ccc([S@](C)(=O)=NC(=O)c2cc(C(F)(F)F)cc(C(F)(F)F)c2)cc1. The summed E-state index contributed by atoms with van der Waals surface area (Å²) in [4.78, 5) is 12.3. The third-order valence-electron chi connectivity index (χ3n) is 3.55. The van der Waals surface area contributed by atoms with Gasteiger partial charge in [-0.2, -0.15) is 30.7 Å². The summed E-state index contributed by atoms with van der Waals surface area (Å²) < 4.78 is 93.2. The van der Waals surface area contributed by atoms with Gasteiger partial charge in [-0.3, -0.25) is 4.79 Å². The van der Waals surface area contributed by atoms with Crippen molar-refractivity contribution in [2.24, 2.45) is 4.36 Å². The smallest absolute Gasteiger partial charge is 0.266 e. The molecule has 0 saturated carbocycles. The predicted molar refractivity (Wildman–Crippen MR) is 86.7 cm³/mol. The molecule has 0 spiro atoms. The first-order valence-electron chi connectivity index (χ1n) is 7.33. The van der Waals surface area contributed by atoms with Crippen molar-refractivity contribution >= 4 is 15.6 Å². The van der Waals surface area contributed by atoms with Gasteiger partial charge in [-0.1, -0.05) is 17.7 Å². The van der Waals surface area contributed by atoms with Gasteiger partial charge in [0, 0.05) is 16.7 Å². The minimum Gasteiger partial charge on any atom is -0.266 e. The molecule has 10 heteroatoms. The van der Waals surface area contributed by atoms with Crippen molar-refractivity contribution in [2.45, 2.75) is 24.2 Å². The molecule has 0 unspecified atom stereocenters. The Kier molecular flexibility index (Phi) is 5.42. The summed E-state index contributed by atoms with van der Waals surface area (Å²) in [6.45, 7) is 1.75. The molecule has 0 bridgehead atoms. The number of aryl methyl sites for hydroxylation is 1. The van der Waals surface area contributed by atoms with Crippen LogP contribution < -0.4 is 0 Å². The number of benzene rings is 2. The minimum atomic E-state index is -5.10. The molecule has 3 nitrogen and oxygen atoms in total. The fraction of sp³-hybridized carbons (Fsp3) is 0.235. The average Bonchev–Trinajstić information content (AvgIpc) is 2.52. The van der Waals surface area contributed by atoms with Gasteiger partial charge >= 0.3 is 12.4 Å². The zero-order valence-electron chi connectivity index (χ0n) is 14.0. The molecule has 0 aliphatic rings. The first-order valence-corrected chi connectivity index (χ1v) is 9.25. The van der Waals surface area contributed by atoms with E-state index in [2.05, 4.69) is 4.36 Å². The van der Waals surface area contributed by atoms with Crippen LogP contribution in [0.5, 0.6) is 0 Å². The summed E-state index contributed by atoms with van der Waals surface area (Å²) in [6.07, 6.45) is -9.12. The largest absolute Gasteiger partial charge is 0.416 e. The predicted octanol–water partition coefficient (Wildman–Crippen LogP) is 5.33. The van der Waals surface area contributed by atoms with Crippen molar-refractivity contribution in [3.05, 3.63) is 64.7 Å². The number of halogens is 6. The lowest BCUT2D eigenvalue weighted by Crippen LogP contribution is -2.13. The van der Waals surface area contributed by atoms with E-state index < -0.39 is 44.7 Å². The monoisotopic (exact) mass is 409 g/mol. The Hall–Kier alpha value is -2.36. The Morgan fingerprint density at radius 2 is 1.33 bits per heavy atom. The van der Waals surface area contributed by atoms with Crippen molar-refractivity contribution in [1.29, 1.82) is 0 Å². The quantitative estimate of drug-likeness (QED) is 0.630. The van der Waals surface area contributed by atoms with Crippen LogP contribution in [0.3, 0.4) is 0 Å². The van der Waals surface area contributed by atoms with Crippen LogP contribution in [0.25, 0.3) is 0 Å². The molecule has 0 N–H and O–H groups in total. The van der Waals surface area contributed by atoms with Crippen LogP contribution in [0.15, 0.2) is 51.7 Å². The number of hydrogen-bond donors (Lipinski definition) is 0. The second-order valence-corrected chi connectivity index (χ2v) is 8.07. The lowest BCUT2D eigenvalue weighted by Gasteiger charge is -2.13. The molecule has 2 aromatic carbocycles. The summed E-state index contributed by atoms with van der Waals surface area (Å²) in [6, 6.07) is 6.43. The number of carbonyl (C=O) groups excluding carboxylic acids is 1. The Bertz CT molecular complexity index is 952. The number of carbonyl (C=O) groups is 1. The van der Waals surface area contributed by atoms with Gasteiger partial charge in [0.05, 0.1) is 20.9 Å². The highest BCUT2D eigenvalue weighted by Crippen LogP contribution is 2.36. The van der Waals surface area contributed by atoms with E-state index in [0.717, 1.165) is 11.8 Å². The lowest BCUT2D eigenvalue weighted by molar-refractivity contribution is -0.143. The third-order valence-corrected chi connectivity index (χ3v) is 5.21. The van der Waals surface area contributed by atoms with Gasteiger partial charge in [0.1, 0.15) is 0 Å². The number of hydrogen-bond acceptors (Lipinski definition) is 2. The molecule has 1 amide bonds. The maximum absolute atomic E-state index is 12.9. The van der Waals surface area contributed by atoms with Crippen molar-refractivity contribution in [2.75, 3.05) is 6.26 Å². The van der Waals surface area contributed by atoms with Crippen LogP contribution in [0, 0.1) is 6.92 Å². The van der Waals surface area contributed by atoms with Gasteiger partial charge in [0.25, 0.3) is 5.91 Å². The first kappa shape index (κ1) is 20.9. The number of nitrogens with zero attached hydrogens (tertiary/aromatic N) is 1. The van der Waals surface area contributed by atoms with Gasteiger partial charge in [-0.25, -0.2) is 4.21 Å². The molecule has 0 fully saturated rings. The van der Waals surface area contributed by atoms with Crippen LogP contribution >= 0.6 is 0 Å². The molecule has 0 aliphatic heterocycles. The van der Waals surface area contributed by atoms with E-state index in [-0.39, 0.29) is 23.1 Å². The highest BCUT2D eigenvalue weighted by Gasteiger charge is 2.37. The molecule has 0 aromatic heterocycles. The molecular weight excluding hydrogens is 396 g/mol. The van der Waals surface area contributed by atoms with Gasteiger partial charge in [0.15, 0.2) is 0 Å². The molecular formula is C17H13F6NO2S. The summed E-state index contributed by atoms with van der Waals surface area (Å²) in [5.41, 5.74) is -3.41. The van der Waals surface area contributed by atoms with Gasteiger partial charge in [-0.15, -0.1) is 0 Å². The fourth-order valence-electron chi connectivity index (χ4n) is 2.13. The zero-order chi connectivity index (χ0) is 20.6. The summed E-state index contributed by atoms with van der Waals surface area (Å²) in [5, 5.41) is 0. The van der Waals surface area contributed by atoms with E-state index in [1.807, 2.05) is 0 Å². The molecule has 0 radical (unpaired) electrons. The maximum Gasteiger partial charge on any atom is 0.416 e. The zero-order valence-corrected chi connectivity index (χ0v) is 14.8. The Morgan fingerprint density at radius 3 is 1.74 bits per heavy atom. The summed E-state index contributed by atoms with van der Waals surface area (Å²) in [5.74, 6) is -1.43. The van der Waals surface area contributed by atoms with E-state index in [9.17, 15) is 35.3 Å². The summed E-state index contributed by atoms with van der Waals surface area (Å²) in [7, 11) is -3.36. The Labute approximate surface area is 151 Å². The van der Waals surface area contributed by atoms with Crippen molar-refractivity contribution < 1.29 is 35.3 Å². The summed E-state index contributed by atoms with van der Waals surface area (Å²) >= 11 is 0.